The molecule has 8 heteroatoms. The first kappa shape index (κ1) is 16.6. The second-order valence-corrected chi connectivity index (χ2v) is 6.59. The summed E-state index contributed by atoms with van der Waals surface area (Å²) in [6.07, 6.45) is 2.71. The van der Waals surface area contributed by atoms with Gasteiger partial charge in [0, 0.05) is 26.1 Å². The lowest BCUT2D eigenvalue weighted by atomic mass is 10.1. The number of nitrogens with one attached hydrogen (secondary N) is 2. The molecule has 3 heterocycles. The van der Waals surface area contributed by atoms with Crippen LogP contribution in [0.4, 0.5) is 20.8 Å². The summed E-state index contributed by atoms with van der Waals surface area (Å²) >= 11 is 0. The minimum atomic E-state index is -0.493. The molecule has 2 aliphatic rings. The highest BCUT2D eigenvalue weighted by atomic mass is 19.1. The van der Waals surface area contributed by atoms with Crippen molar-refractivity contribution < 1.29 is 9.18 Å². The van der Waals surface area contributed by atoms with Crippen molar-refractivity contribution in [3.05, 3.63) is 51.7 Å². The summed E-state index contributed by atoms with van der Waals surface area (Å²) in [6, 6.07) is 5.57. The number of nitrogens with zero attached hydrogens (tertiary/aromatic N) is 3. The lowest BCUT2D eigenvalue weighted by molar-refractivity contribution is 0.205. The Kier molecular flexibility index (Phi) is 4.32. The SMILES string of the molecule is O=C(Nc1ccccc1F)N1CCc2nc(N3CCCC3)[nH]c(=O)c2C1. The third-order valence-corrected chi connectivity index (χ3v) is 4.86. The van der Waals surface area contributed by atoms with Crippen molar-refractivity contribution in [2.45, 2.75) is 25.8 Å². The van der Waals surface area contributed by atoms with Gasteiger partial charge in [-0.05, 0) is 25.0 Å². The van der Waals surface area contributed by atoms with E-state index >= 15 is 0 Å². The fraction of sp³-hybridized carbons (Fsp3) is 0.389. The molecule has 0 spiro atoms. The van der Waals surface area contributed by atoms with Gasteiger partial charge in [-0.2, -0.15) is 0 Å². The summed E-state index contributed by atoms with van der Waals surface area (Å²) in [5.74, 6) is 0.128. The summed E-state index contributed by atoms with van der Waals surface area (Å²) in [5.41, 5.74) is 1.16. The number of fused-ring (bicyclic) bond motifs is 1. The number of hydrogen-bond donors (Lipinski definition) is 2. The average Bonchev–Trinajstić information content (AvgIpc) is 3.18. The van der Waals surface area contributed by atoms with Gasteiger partial charge in [0.05, 0.1) is 23.5 Å². The maximum atomic E-state index is 13.7. The van der Waals surface area contributed by atoms with Crippen molar-refractivity contribution in [3.8, 4) is 0 Å². The zero-order valence-electron chi connectivity index (χ0n) is 14.3. The predicted octanol–water partition coefficient (Wildman–Crippen LogP) is 2.10. The number of aromatic nitrogens is 2. The quantitative estimate of drug-likeness (QED) is 0.862. The zero-order valence-corrected chi connectivity index (χ0v) is 14.3. The van der Waals surface area contributed by atoms with E-state index in [1.54, 1.807) is 12.1 Å². The number of carbonyl (C=O) groups is 1. The summed E-state index contributed by atoms with van der Waals surface area (Å²) in [5, 5.41) is 2.56. The third-order valence-electron chi connectivity index (χ3n) is 4.86. The number of hydrogen-bond acceptors (Lipinski definition) is 4. The van der Waals surface area contributed by atoms with Crippen LogP contribution in [0.15, 0.2) is 29.1 Å². The molecule has 26 heavy (non-hydrogen) atoms. The summed E-state index contributed by atoms with van der Waals surface area (Å²) < 4.78 is 13.7. The second kappa shape index (κ2) is 6.78. The van der Waals surface area contributed by atoms with Gasteiger partial charge in [0.25, 0.3) is 5.56 Å². The molecule has 1 aromatic heterocycles. The highest BCUT2D eigenvalue weighted by molar-refractivity contribution is 5.89. The Bertz CT molecular complexity index is 891. The van der Waals surface area contributed by atoms with Gasteiger partial charge in [-0.1, -0.05) is 12.1 Å². The van der Waals surface area contributed by atoms with Gasteiger partial charge in [-0.25, -0.2) is 14.2 Å². The predicted molar refractivity (Wildman–Crippen MR) is 95.8 cm³/mol. The standard InChI is InChI=1S/C18H20FN5O2/c19-13-5-1-2-6-15(13)21-18(26)24-10-7-14-12(11-24)16(25)22-17(20-14)23-8-3-4-9-23/h1-2,5-6H,3-4,7-11H2,(H,21,26)(H,20,22,25). The lowest BCUT2D eigenvalue weighted by Gasteiger charge is -2.28. The Hall–Kier alpha value is -2.90. The first-order valence-corrected chi connectivity index (χ1v) is 8.79. The Balaban J connectivity index is 1.51. The number of halogens is 1. The van der Waals surface area contributed by atoms with Crippen LogP contribution in [0, 0.1) is 5.82 Å². The monoisotopic (exact) mass is 357 g/mol. The highest BCUT2D eigenvalue weighted by Crippen LogP contribution is 2.20. The van der Waals surface area contributed by atoms with Gasteiger partial charge in [0.1, 0.15) is 5.82 Å². The molecule has 1 aromatic carbocycles. The van der Waals surface area contributed by atoms with Crippen LogP contribution < -0.4 is 15.8 Å². The third kappa shape index (κ3) is 3.14. The molecule has 0 saturated carbocycles. The van der Waals surface area contributed by atoms with Gasteiger partial charge < -0.3 is 15.1 Å². The molecular weight excluding hydrogens is 337 g/mol. The number of H-pyrrole nitrogens is 1. The Morgan fingerprint density at radius 2 is 1.96 bits per heavy atom. The van der Waals surface area contributed by atoms with Crippen LogP contribution >= 0.6 is 0 Å². The molecule has 0 atom stereocenters. The van der Waals surface area contributed by atoms with Gasteiger partial charge >= 0.3 is 6.03 Å². The molecule has 0 radical (unpaired) electrons. The number of rotatable bonds is 2. The maximum absolute atomic E-state index is 13.7. The van der Waals surface area contributed by atoms with E-state index in [2.05, 4.69) is 20.2 Å². The Morgan fingerprint density at radius 1 is 1.19 bits per heavy atom. The van der Waals surface area contributed by atoms with Crippen molar-refractivity contribution in [1.82, 2.24) is 14.9 Å². The molecule has 0 aliphatic carbocycles. The first-order valence-electron chi connectivity index (χ1n) is 8.79. The normalized spacial score (nSPS) is 16.5. The molecular formula is C18H20FN5O2. The molecule has 2 N–H and O–H groups in total. The first-order chi connectivity index (χ1) is 12.6. The van der Waals surface area contributed by atoms with Crippen molar-refractivity contribution in [2.24, 2.45) is 0 Å². The number of para-hydroxylation sites is 1. The zero-order chi connectivity index (χ0) is 18.1. The molecule has 0 bridgehead atoms. The van der Waals surface area contributed by atoms with E-state index in [4.69, 9.17) is 0 Å². The van der Waals surface area contributed by atoms with Crippen molar-refractivity contribution in [3.63, 3.8) is 0 Å². The highest BCUT2D eigenvalue weighted by Gasteiger charge is 2.26. The van der Waals surface area contributed by atoms with Gasteiger partial charge in [-0.3, -0.25) is 9.78 Å². The molecule has 7 nitrogen and oxygen atoms in total. The van der Waals surface area contributed by atoms with Crippen LogP contribution in [0.2, 0.25) is 0 Å². The van der Waals surface area contributed by atoms with Crippen LogP contribution in [0.3, 0.4) is 0 Å². The fourth-order valence-electron chi connectivity index (χ4n) is 3.42. The number of benzene rings is 1. The van der Waals surface area contributed by atoms with Crippen LogP contribution in [0.25, 0.3) is 0 Å². The van der Waals surface area contributed by atoms with E-state index in [1.165, 1.54) is 17.0 Å². The van der Waals surface area contributed by atoms with Crippen LogP contribution in [0.5, 0.6) is 0 Å². The molecule has 136 valence electrons. The van der Waals surface area contributed by atoms with Crippen molar-refractivity contribution in [1.29, 1.82) is 0 Å². The number of aromatic amines is 1. The van der Waals surface area contributed by atoms with E-state index in [-0.39, 0.29) is 17.8 Å². The molecule has 2 aliphatic heterocycles. The van der Waals surface area contributed by atoms with Crippen LogP contribution in [0.1, 0.15) is 24.1 Å². The van der Waals surface area contributed by atoms with E-state index < -0.39 is 11.8 Å². The average molecular weight is 357 g/mol. The van der Waals surface area contributed by atoms with E-state index in [0.29, 0.717) is 24.5 Å². The Morgan fingerprint density at radius 3 is 2.73 bits per heavy atom. The van der Waals surface area contributed by atoms with Crippen molar-refractivity contribution in [2.75, 3.05) is 29.9 Å². The van der Waals surface area contributed by atoms with Crippen molar-refractivity contribution >= 4 is 17.7 Å². The number of carbonyl (C=O) groups excluding carboxylic acids is 1. The van der Waals surface area contributed by atoms with E-state index in [0.717, 1.165) is 31.6 Å². The maximum Gasteiger partial charge on any atom is 0.322 e. The van der Waals surface area contributed by atoms with Gasteiger partial charge in [0.15, 0.2) is 0 Å². The van der Waals surface area contributed by atoms with Crippen LogP contribution in [-0.2, 0) is 13.0 Å². The molecule has 2 aromatic rings. The second-order valence-electron chi connectivity index (χ2n) is 6.59. The minimum absolute atomic E-state index is 0.125. The minimum Gasteiger partial charge on any atom is -0.342 e. The molecule has 1 saturated heterocycles. The molecule has 0 unspecified atom stereocenters. The van der Waals surface area contributed by atoms with Gasteiger partial charge in [-0.15, -0.1) is 0 Å². The van der Waals surface area contributed by atoms with E-state index in [1.807, 2.05) is 0 Å². The van der Waals surface area contributed by atoms with E-state index in [9.17, 15) is 14.0 Å². The van der Waals surface area contributed by atoms with Gasteiger partial charge in [0.2, 0.25) is 5.95 Å². The fourth-order valence-corrected chi connectivity index (χ4v) is 3.42. The number of urea groups is 1. The summed E-state index contributed by atoms with van der Waals surface area (Å²) in [7, 11) is 0. The number of anilines is 2. The number of amides is 2. The summed E-state index contributed by atoms with van der Waals surface area (Å²) in [4.78, 5) is 35.9. The lowest BCUT2D eigenvalue weighted by Crippen LogP contribution is -2.42. The summed E-state index contributed by atoms with van der Waals surface area (Å²) in [6.45, 7) is 2.40. The topological polar surface area (TPSA) is 81.3 Å². The largest absolute Gasteiger partial charge is 0.342 e. The molecule has 2 amide bonds. The smallest absolute Gasteiger partial charge is 0.322 e. The van der Waals surface area contributed by atoms with Crippen LogP contribution in [-0.4, -0.2) is 40.5 Å². The molecule has 4 rings (SSSR count). The molecule has 1 fully saturated rings. The Labute approximate surface area is 149 Å².